The minimum Gasteiger partial charge on any atom is -0.361 e. The van der Waals surface area contributed by atoms with Gasteiger partial charge in [0.15, 0.2) is 0 Å². The van der Waals surface area contributed by atoms with Gasteiger partial charge in [0.1, 0.15) is 0 Å². The highest BCUT2D eigenvalue weighted by molar-refractivity contribution is 6.30. The number of hydroxylamine groups is 2. The van der Waals surface area contributed by atoms with Gasteiger partial charge in [-0.2, -0.15) is 0 Å². The number of carbonyl (C=O) groups is 3. The maximum absolute atomic E-state index is 12.5. The molecule has 2 aromatic carbocycles. The van der Waals surface area contributed by atoms with Crippen molar-refractivity contribution < 1.29 is 19.2 Å². The van der Waals surface area contributed by atoms with E-state index in [4.69, 9.17) is 16.4 Å². The summed E-state index contributed by atoms with van der Waals surface area (Å²) in [5.41, 5.74) is 2.30. The van der Waals surface area contributed by atoms with Crippen LogP contribution in [-0.4, -0.2) is 29.8 Å². The average Bonchev–Trinajstić information content (AvgIpc) is 2.91. The number of aldehydes is 1. The Morgan fingerprint density at radius 1 is 0.892 bits per heavy atom. The third-order valence-electron chi connectivity index (χ3n) is 6.46. The largest absolute Gasteiger partial charge is 0.390 e. The van der Waals surface area contributed by atoms with Crippen LogP contribution in [0.5, 0.6) is 0 Å². The Labute approximate surface area is 226 Å². The van der Waals surface area contributed by atoms with Crippen LogP contribution in [0, 0.1) is 0 Å². The van der Waals surface area contributed by atoms with E-state index in [-0.39, 0.29) is 24.8 Å². The van der Waals surface area contributed by atoms with Crippen LogP contribution in [0.4, 0.5) is 0 Å². The average molecular weight is 529 g/mol. The van der Waals surface area contributed by atoms with E-state index >= 15 is 0 Å². The molecule has 0 aliphatic heterocycles. The Bertz CT molecular complexity index is 947. The molecule has 0 saturated carbocycles. The Kier molecular flexibility index (Phi) is 14.6. The van der Waals surface area contributed by atoms with Crippen molar-refractivity contribution in [2.24, 2.45) is 0 Å². The van der Waals surface area contributed by atoms with Gasteiger partial charge in [-0.15, -0.1) is 5.06 Å². The lowest BCUT2D eigenvalue weighted by molar-refractivity contribution is -0.203. The molecule has 0 heterocycles. The molecule has 1 N–H and O–H groups in total. The molecule has 1 atom stereocenters. The molecule has 2 aromatic rings. The summed E-state index contributed by atoms with van der Waals surface area (Å²) in [6.07, 6.45) is 12.8. The lowest BCUT2D eigenvalue weighted by Crippen LogP contribution is -2.30. The van der Waals surface area contributed by atoms with E-state index in [1.807, 2.05) is 31.2 Å². The molecular formula is C30H41ClN2O4. The van der Waals surface area contributed by atoms with Gasteiger partial charge in [-0.3, -0.25) is 9.59 Å². The van der Waals surface area contributed by atoms with Crippen molar-refractivity contribution in [2.45, 2.75) is 90.6 Å². The van der Waals surface area contributed by atoms with Crippen LogP contribution in [0.3, 0.4) is 0 Å². The fraction of sp³-hybridized carbons (Fsp3) is 0.500. The van der Waals surface area contributed by atoms with Crippen molar-refractivity contribution in [1.29, 1.82) is 0 Å². The number of nitrogens with one attached hydrogen (secondary N) is 1. The highest BCUT2D eigenvalue weighted by Gasteiger charge is 2.21. The first kappa shape index (κ1) is 30.5. The lowest BCUT2D eigenvalue weighted by atomic mass is 10.1. The van der Waals surface area contributed by atoms with Crippen molar-refractivity contribution in [1.82, 2.24) is 10.4 Å². The second-order valence-corrected chi connectivity index (χ2v) is 9.90. The highest BCUT2D eigenvalue weighted by Crippen LogP contribution is 2.24. The zero-order valence-corrected chi connectivity index (χ0v) is 23.0. The summed E-state index contributed by atoms with van der Waals surface area (Å²) < 4.78 is 0. The van der Waals surface area contributed by atoms with E-state index < -0.39 is 5.97 Å². The molecule has 37 heavy (non-hydrogen) atoms. The van der Waals surface area contributed by atoms with Gasteiger partial charge in [0.25, 0.3) is 5.91 Å². The van der Waals surface area contributed by atoms with Crippen molar-refractivity contribution >= 4 is 29.8 Å². The number of amides is 1. The maximum Gasteiger partial charge on any atom is 0.390 e. The number of unbranched alkanes of at least 4 members (excludes halogenated alkanes) is 9. The summed E-state index contributed by atoms with van der Waals surface area (Å²) in [4.78, 5) is 40.3. The predicted octanol–water partition coefficient (Wildman–Crippen LogP) is 7.21. The normalized spacial score (nSPS) is 11.8. The number of hydrogen-bond acceptors (Lipinski definition) is 5. The molecule has 0 aliphatic rings. The smallest absolute Gasteiger partial charge is 0.361 e. The predicted molar refractivity (Wildman–Crippen MR) is 148 cm³/mol. The fourth-order valence-electron chi connectivity index (χ4n) is 4.15. The van der Waals surface area contributed by atoms with Gasteiger partial charge < -0.3 is 10.2 Å². The zero-order chi connectivity index (χ0) is 26.9. The lowest BCUT2D eigenvalue weighted by Gasteiger charge is -2.27. The molecule has 0 saturated heterocycles. The van der Waals surface area contributed by atoms with Crippen LogP contribution in [0.2, 0.25) is 5.02 Å². The first-order chi connectivity index (χ1) is 17.9. The second kappa shape index (κ2) is 17.7. The van der Waals surface area contributed by atoms with E-state index in [0.29, 0.717) is 17.1 Å². The zero-order valence-electron chi connectivity index (χ0n) is 22.2. The second-order valence-electron chi connectivity index (χ2n) is 9.47. The summed E-state index contributed by atoms with van der Waals surface area (Å²) in [5, 5.41) is 5.04. The van der Waals surface area contributed by atoms with Gasteiger partial charge in [-0.25, -0.2) is 4.79 Å². The fourth-order valence-corrected chi connectivity index (χ4v) is 4.28. The summed E-state index contributed by atoms with van der Waals surface area (Å²) in [6.45, 7) is 5.04. The molecule has 0 bridgehead atoms. The first-order valence-corrected chi connectivity index (χ1v) is 13.9. The molecule has 0 aromatic heterocycles. The van der Waals surface area contributed by atoms with Gasteiger partial charge in [0, 0.05) is 17.1 Å². The number of nitrogens with zero attached hydrogens (tertiary/aromatic N) is 1. The van der Waals surface area contributed by atoms with Crippen molar-refractivity contribution in [3.8, 4) is 0 Å². The van der Waals surface area contributed by atoms with Crippen LogP contribution < -0.4 is 5.32 Å². The third kappa shape index (κ3) is 11.9. The molecule has 0 unspecified atom stereocenters. The van der Waals surface area contributed by atoms with Crippen molar-refractivity contribution in [2.75, 3.05) is 6.54 Å². The summed E-state index contributed by atoms with van der Waals surface area (Å²) in [5.74, 6) is -1.06. The van der Waals surface area contributed by atoms with Gasteiger partial charge in [-0.1, -0.05) is 101 Å². The van der Waals surface area contributed by atoms with Gasteiger partial charge in [-0.05, 0) is 48.7 Å². The summed E-state index contributed by atoms with van der Waals surface area (Å²) in [6, 6.07) is 14.1. The molecule has 0 aliphatic carbocycles. The number of halogens is 1. The molecule has 0 radical (unpaired) electrons. The number of hydrogen-bond donors (Lipinski definition) is 1. The first-order valence-electron chi connectivity index (χ1n) is 13.5. The van der Waals surface area contributed by atoms with Crippen LogP contribution >= 0.6 is 11.6 Å². The Morgan fingerprint density at radius 3 is 2.03 bits per heavy atom. The number of benzene rings is 2. The van der Waals surface area contributed by atoms with Gasteiger partial charge in [0.05, 0.1) is 12.6 Å². The maximum atomic E-state index is 12.5. The van der Waals surface area contributed by atoms with Gasteiger partial charge in [0.2, 0.25) is 6.29 Å². The topological polar surface area (TPSA) is 75.7 Å². The van der Waals surface area contributed by atoms with E-state index in [1.165, 1.54) is 56.4 Å². The molecule has 7 heteroatoms. The minimum atomic E-state index is -0.969. The van der Waals surface area contributed by atoms with E-state index in [1.54, 1.807) is 24.3 Å². The quantitative estimate of drug-likeness (QED) is 0.0957. The standard InChI is InChI=1S/C30H41ClN2O4/c1-3-4-5-6-7-8-9-10-11-12-21-32-30(36)27-15-13-25(14-16-27)22-33(37-29(35)23-34)24(2)26-17-19-28(31)20-18-26/h13-20,23-24H,3-12,21-22H2,1-2H3,(H,32,36)/t24-/m0/s1. The SMILES string of the molecule is CCCCCCCCCCCCNC(=O)c1ccc(CN(OC(=O)C=O)[C@@H](C)c2ccc(Cl)cc2)cc1. The van der Waals surface area contributed by atoms with Crippen LogP contribution in [0.15, 0.2) is 48.5 Å². The van der Waals surface area contributed by atoms with E-state index in [2.05, 4.69) is 12.2 Å². The summed E-state index contributed by atoms with van der Waals surface area (Å²) >= 11 is 5.98. The van der Waals surface area contributed by atoms with Crippen molar-refractivity contribution in [3.05, 3.63) is 70.2 Å². The highest BCUT2D eigenvalue weighted by atomic mass is 35.5. The molecule has 0 fully saturated rings. The molecule has 202 valence electrons. The van der Waals surface area contributed by atoms with E-state index in [9.17, 15) is 14.4 Å². The monoisotopic (exact) mass is 528 g/mol. The molecule has 1 amide bonds. The number of carbonyl (C=O) groups excluding carboxylic acids is 3. The van der Waals surface area contributed by atoms with Crippen molar-refractivity contribution in [3.63, 3.8) is 0 Å². The molecule has 6 nitrogen and oxygen atoms in total. The Balaban J connectivity index is 1.78. The molecule has 0 spiro atoms. The molecule has 2 rings (SSSR count). The summed E-state index contributed by atoms with van der Waals surface area (Å²) in [7, 11) is 0. The Hall–Kier alpha value is -2.70. The van der Waals surface area contributed by atoms with Crippen LogP contribution in [0.1, 0.15) is 106 Å². The van der Waals surface area contributed by atoms with Gasteiger partial charge >= 0.3 is 5.97 Å². The minimum absolute atomic E-state index is 0.0961. The van der Waals surface area contributed by atoms with Crippen LogP contribution in [-0.2, 0) is 21.0 Å². The Morgan fingerprint density at radius 2 is 1.46 bits per heavy atom. The van der Waals surface area contributed by atoms with E-state index in [0.717, 1.165) is 24.0 Å². The molecular weight excluding hydrogens is 488 g/mol. The number of rotatable bonds is 18. The van der Waals surface area contributed by atoms with Crippen LogP contribution in [0.25, 0.3) is 0 Å². The third-order valence-corrected chi connectivity index (χ3v) is 6.71.